The molecule has 0 spiro atoms. The van der Waals surface area contributed by atoms with Crippen LogP contribution in [0.2, 0.25) is 0 Å². The van der Waals surface area contributed by atoms with Crippen molar-refractivity contribution in [2.24, 2.45) is 11.7 Å². The van der Waals surface area contributed by atoms with Crippen LogP contribution in [0.4, 0.5) is 17.1 Å². The number of hydrogen-bond donors (Lipinski definition) is 3. The molecule has 0 radical (unpaired) electrons. The monoisotopic (exact) mass is 408 g/mol. The summed E-state index contributed by atoms with van der Waals surface area (Å²) in [5.41, 5.74) is 15.6. The molecule has 2 fully saturated rings. The second-order valence-corrected chi connectivity index (χ2v) is 8.86. The summed E-state index contributed by atoms with van der Waals surface area (Å²) in [7, 11) is 0. The Balaban J connectivity index is 1.56. The third-order valence-corrected chi connectivity index (χ3v) is 6.27. The number of hydrogen-bond acceptors (Lipinski definition) is 6. The van der Waals surface area contributed by atoms with Gasteiger partial charge in [-0.1, -0.05) is 26.2 Å². The molecule has 1 aliphatic carbocycles. The van der Waals surface area contributed by atoms with Crippen molar-refractivity contribution in [3.8, 4) is 0 Å². The molecule has 2 unspecified atom stereocenters. The van der Waals surface area contributed by atoms with Crippen LogP contribution in [0.15, 0.2) is 30.6 Å². The Hall–Kier alpha value is -2.67. The van der Waals surface area contributed by atoms with Crippen molar-refractivity contribution in [2.45, 2.75) is 57.4 Å². The van der Waals surface area contributed by atoms with Gasteiger partial charge in [0.1, 0.15) is 0 Å². The van der Waals surface area contributed by atoms with Crippen LogP contribution >= 0.6 is 0 Å². The molecular formula is C23H32N6O. The summed E-state index contributed by atoms with van der Waals surface area (Å²) in [6, 6.07) is 5.82. The molecule has 7 heteroatoms. The molecule has 7 nitrogen and oxygen atoms in total. The van der Waals surface area contributed by atoms with Gasteiger partial charge < -0.3 is 21.7 Å². The number of nitrogens with two attached hydrogens (primary N) is 2. The van der Waals surface area contributed by atoms with Crippen molar-refractivity contribution < 1.29 is 4.79 Å². The van der Waals surface area contributed by atoms with Crippen molar-refractivity contribution in [1.82, 2.24) is 9.97 Å². The Kier molecular flexibility index (Phi) is 6.18. The number of piperidine rings is 1. The zero-order valence-corrected chi connectivity index (χ0v) is 17.7. The molecule has 5 N–H and O–H groups in total. The first-order valence-electron chi connectivity index (χ1n) is 11.0. The first kappa shape index (κ1) is 20.6. The Morgan fingerprint density at radius 3 is 2.73 bits per heavy atom. The number of pyridine rings is 2. The number of carbonyl (C=O) groups excluding carboxylic acids is 1. The average Bonchev–Trinajstić information content (AvgIpc) is 2.74. The lowest BCUT2D eigenvalue weighted by molar-refractivity contribution is 0.102. The Morgan fingerprint density at radius 1 is 1.17 bits per heavy atom. The molecule has 0 aromatic carbocycles. The van der Waals surface area contributed by atoms with Gasteiger partial charge in [0.15, 0.2) is 5.69 Å². The highest BCUT2D eigenvalue weighted by atomic mass is 16.1. The van der Waals surface area contributed by atoms with Crippen LogP contribution in [0.1, 0.15) is 67.5 Å². The zero-order valence-electron chi connectivity index (χ0n) is 17.7. The molecule has 2 aromatic heterocycles. The molecule has 2 aromatic rings. The van der Waals surface area contributed by atoms with E-state index in [0.29, 0.717) is 23.2 Å². The highest BCUT2D eigenvalue weighted by Crippen LogP contribution is 2.33. The lowest BCUT2D eigenvalue weighted by Crippen LogP contribution is -2.46. The lowest BCUT2D eigenvalue weighted by Gasteiger charge is -2.37. The quantitative estimate of drug-likeness (QED) is 0.714. The normalized spacial score (nSPS) is 22.7. The molecule has 2 atom stereocenters. The van der Waals surface area contributed by atoms with Crippen molar-refractivity contribution in [1.29, 1.82) is 0 Å². The first-order valence-corrected chi connectivity index (χ1v) is 11.0. The number of aromatic nitrogens is 2. The topological polar surface area (TPSA) is 110 Å². The van der Waals surface area contributed by atoms with E-state index in [4.69, 9.17) is 11.5 Å². The fourth-order valence-electron chi connectivity index (χ4n) is 4.83. The fraction of sp³-hybridized carbons (Fsp3) is 0.522. The number of carbonyl (C=O) groups is 1. The highest BCUT2D eigenvalue weighted by molar-refractivity contribution is 6.07. The van der Waals surface area contributed by atoms with Gasteiger partial charge in [-0.05, 0) is 43.4 Å². The minimum absolute atomic E-state index is 0.120. The van der Waals surface area contributed by atoms with Crippen LogP contribution in [-0.2, 0) is 0 Å². The molecular weight excluding hydrogens is 376 g/mol. The predicted molar refractivity (Wildman–Crippen MR) is 121 cm³/mol. The number of rotatable bonds is 4. The van der Waals surface area contributed by atoms with E-state index in [2.05, 4.69) is 27.1 Å². The van der Waals surface area contributed by atoms with Gasteiger partial charge in [0.2, 0.25) is 0 Å². The smallest absolute Gasteiger partial charge is 0.276 e. The van der Waals surface area contributed by atoms with Gasteiger partial charge in [-0.25, -0.2) is 4.98 Å². The fourth-order valence-corrected chi connectivity index (χ4v) is 4.83. The summed E-state index contributed by atoms with van der Waals surface area (Å²) in [6.45, 7) is 3.86. The minimum Gasteiger partial charge on any atom is -0.397 e. The van der Waals surface area contributed by atoms with Gasteiger partial charge >= 0.3 is 0 Å². The van der Waals surface area contributed by atoms with Crippen LogP contribution in [0.5, 0.6) is 0 Å². The SMILES string of the molecule is CC1CC(N)CN(c2ccncc2NC(=O)c2nc(C3CCCCC3)ccc2N)C1. The van der Waals surface area contributed by atoms with Crippen molar-refractivity contribution in [2.75, 3.05) is 29.0 Å². The molecule has 160 valence electrons. The third-order valence-electron chi connectivity index (χ3n) is 6.27. The van der Waals surface area contributed by atoms with E-state index in [1.165, 1.54) is 19.3 Å². The Morgan fingerprint density at radius 2 is 1.97 bits per heavy atom. The standard InChI is InChI=1S/C23H32N6O/c1-15-11-17(24)14-29(13-15)21-9-10-26-12-20(21)28-23(30)22-18(25)7-8-19(27-22)16-5-3-2-4-6-16/h7-10,12,15-17H,2-6,11,13-14,24-25H2,1H3,(H,28,30). The van der Waals surface area contributed by atoms with E-state index < -0.39 is 0 Å². The average molecular weight is 409 g/mol. The van der Waals surface area contributed by atoms with E-state index >= 15 is 0 Å². The van der Waals surface area contributed by atoms with E-state index in [1.54, 1.807) is 18.5 Å². The summed E-state index contributed by atoms with van der Waals surface area (Å²) in [5.74, 6) is 0.611. The van der Waals surface area contributed by atoms with Crippen LogP contribution < -0.4 is 21.7 Å². The lowest BCUT2D eigenvalue weighted by atomic mass is 9.86. The molecule has 1 saturated heterocycles. The number of anilines is 3. The third kappa shape index (κ3) is 4.56. The number of nitrogens with zero attached hydrogens (tertiary/aromatic N) is 3. The minimum atomic E-state index is -0.297. The molecule has 1 aliphatic heterocycles. The molecule has 30 heavy (non-hydrogen) atoms. The maximum absolute atomic E-state index is 13.1. The largest absolute Gasteiger partial charge is 0.397 e. The van der Waals surface area contributed by atoms with Crippen molar-refractivity contribution in [3.05, 3.63) is 42.0 Å². The van der Waals surface area contributed by atoms with Gasteiger partial charge in [0.05, 0.1) is 23.3 Å². The van der Waals surface area contributed by atoms with Crippen LogP contribution in [0, 0.1) is 5.92 Å². The Labute approximate surface area is 178 Å². The van der Waals surface area contributed by atoms with Crippen molar-refractivity contribution >= 4 is 23.0 Å². The second-order valence-electron chi connectivity index (χ2n) is 8.86. The maximum atomic E-state index is 13.1. The first-order chi connectivity index (χ1) is 14.5. The van der Waals surface area contributed by atoms with Gasteiger partial charge in [0.25, 0.3) is 5.91 Å². The molecule has 1 amide bonds. The predicted octanol–water partition coefficient (Wildman–Crippen LogP) is 3.53. The van der Waals surface area contributed by atoms with Crippen LogP contribution in [-0.4, -0.2) is 35.0 Å². The van der Waals surface area contributed by atoms with E-state index in [1.807, 2.05) is 12.1 Å². The van der Waals surface area contributed by atoms with Gasteiger partial charge in [0, 0.05) is 36.9 Å². The van der Waals surface area contributed by atoms with Gasteiger partial charge in [-0.2, -0.15) is 0 Å². The van der Waals surface area contributed by atoms with E-state index in [-0.39, 0.29) is 17.6 Å². The maximum Gasteiger partial charge on any atom is 0.276 e. The second kappa shape index (κ2) is 9.00. The highest BCUT2D eigenvalue weighted by Gasteiger charge is 2.25. The van der Waals surface area contributed by atoms with Gasteiger partial charge in [-0.3, -0.25) is 9.78 Å². The molecule has 4 rings (SSSR count). The summed E-state index contributed by atoms with van der Waals surface area (Å²) in [5, 5.41) is 3.00. The summed E-state index contributed by atoms with van der Waals surface area (Å²) >= 11 is 0. The number of nitrogens with one attached hydrogen (secondary N) is 1. The summed E-state index contributed by atoms with van der Waals surface area (Å²) in [4.78, 5) is 24.2. The number of amides is 1. The Bertz CT molecular complexity index is 885. The van der Waals surface area contributed by atoms with Gasteiger partial charge in [-0.15, -0.1) is 0 Å². The van der Waals surface area contributed by atoms with E-state index in [0.717, 1.165) is 43.7 Å². The molecule has 1 saturated carbocycles. The summed E-state index contributed by atoms with van der Waals surface area (Å²) in [6.07, 6.45) is 10.4. The molecule has 2 aliphatic rings. The molecule has 3 heterocycles. The van der Waals surface area contributed by atoms with Crippen LogP contribution in [0.25, 0.3) is 0 Å². The molecule has 0 bridgehead atoms. The summed E-state index contributed by atoms with van der Waals surface area (Å²) < 4.78 is 0. The van der Waals surface area contributed by atoms with Crippen molar-refractivity contribution in [3.63, 3.8) is 0 Å². The van der Waals surface area contributed by atoms with Crippen LogP contribution in [0.3, 0.4) is 0 Å². The van der Waals surface area contributed by atoms with E-state index in [9.17, 15) is 4.79 Å². The zero-order chi connectivity index (χ0) is 21.1. The number of nitrogen functional groups attached to an aromatic ring is 1.